The van der Waals surface area contributed by atoms with Crippen LogP contribution in [0.25, 0.3) is 21.7 Å². The number of carbonyl (C=O) groups is 2. The van der Waals surface area contributed by atoms with Crippen LogP contribution in [-0.4, -0.2) is 16.8 Å². The number of hydrogen-bond acceptors (Lipinski definition) is 3. The van der Waals surface area contributed by atoms with E-state index in [0.717, 1.165) is 21.9 Å². The van der Waals surface area contributed by atoms with Gasteiger partial charge < -0.3 is 0 Å². The maximum atomic E-state index is 13.2. The van der Waals surface area contributed by atoms with Crippen molar-refractivity contribution in [3.63, 3.8) is 0 Å². The summed E-state index contributed by atoms with van der Waals surface area (Å²) in [5, 5.41) is 2.52. The van der Waals surface area contributed by atoms with Crippen molar-refractivity contribution in [1.82, 2.24) is 4.98 Å². The molecule has 0 spiro atoms. The maximum absolute atomic E-state index is 13.2. The smallest absolute Gasteiger partial charge is 0.266 e. The Morgan fingerprint density at radius 1 is 0.731 bits per heavy atom. The van der Waals surface area contributed by atoms with Crippen LogP contribution in [0.1, 0.15) is 26.4 Å². The molecule has 4 heteroatoms. The van der Waals surface area contributed by atoms with Gasteiger partial charge in [0, 0.05) is 27.6 Å². The summed E-state index contributed by atoms with van der Waals surface area (Å²) in [6.45, 7) is 1.89. The van der Waals surface area contributed by atoms with E-state index in [4.69, 9.17) is 0 Å². The third-order valence-electron chi connectivity index (χ3n) is 4.85. The summed E-state index contributed by atoms with van der Waals surface area (Å²) in [6.07, 6.45) is 0. The lowest BCUT2D eigenvalue weighted by Crippen LogP contribution is -2.40. The summed E-state index contributed by atoms with van der Waals surface area (Å²) in [7, 11) is 0. The number of rotatable bonds is 1. The van der Waals surface area contributed by atoms with Gasteiger partial charge in [-0.2, -0.15) is 0 Å². The third-order valence-corrected chi connectivity index (χ3v) is 4.85. The highest BCUT2D eigenvalue weighted by atomic mass is 16.2. The molecule has 124 valence electrons. The van der Waals surface area contributed by atoms with Crippen LogP contribution in [0, 0.1) is 6.92 Å². The molecule has 1 aliphatic heterocycles. The number of para-hydroxylation sites is 1. The molecule has 2 amide bonds. The molecular weight excluding hydrogens is 324 g/mol. The second-order valence-corrected chi connectivity index (χ2v) is 6.46. The van der Waals surface area contributed by atoms with Crippen LogP contribution in [0.2, 0.25) is 0 Å². The lowest BCUT2D eigenvalue weighted by Gasteiger charge is -2.27. The van der Waals surface area contributed by atoms with Gasteiger partial charge in [0.15, 0.2) is 0 Å². The molecule has 0 radical (unpaired) electrons. The molecule has 26 heavy (non-hydrogen) atoms. The SMILES string of the molecule is Cc1ccc2cccc(N3C(=O)c4cccc5cccc(c45)C3=O)c2n1. The molecule has 0 saturated carbocycles. The first-order valence-corrected chi connectivity index (χ1v) is 8.42. The summed E-state index contributed by atoms with van der Waals surface area (Å²) in [6, 6.07) is 20.5. The first kappa shape index (κ1) is 14.8. The molecule has 4 aromatic rings. The lowest BCUT2D eigenvalue weighted by atomic mass is 9.93. The number of anilines is 1. The van der Waals surface area contributed by atoms with Crippen LogP contribution in [-0.2, 0) is 0 Å². The minimum absolute atomic E-state index is 0.310. The van der Waals surface area contributed by atoms with Crippen LogP contribution in [0.3, 0.4) is 0 Å². The van der Waals surface area contributed by atoms with Crippen molar-refractivity contribution in [2.24, 2.45) is 0 Å². The highest BCUT2D eigenvalue weighted by Crippen LogP contribution is 2.35. The average Bonchev–Trinajstić information content (AvgIpc) is 2.66. The highest BCUT2D eigenvalue weighted by molar-refractivity contribution is 6.36. The van der Waals surface area contributed by atoms with Gasteiger partial charge in [0.1, 0.15) is 0 Å². The van der Waals surface area contributed by atoms with Crippen molar-refractivity contribution in [3.05, 3.63) is 83.6 Å². The Morgan fingerprint density at radius 3 is 2.04 bits per heavy atom. The van der Waals surface area contributed by atoms with E-state index in [1.807, 2.05) is 55.5 Å². The molecule has 5 rings (SSSR count). The fourth-order valence-electron chi connectivity index (χ4n) is 3.66. The van der Waals surface area contributed by atoms with Crippen LogP contribution in [0.5, 0.6) is 0 Å². The van der Waals surface area contributed by atoms with Crippen molar-refractivity contribution in [2.45, 2.75) is 6.92 Å². The number of carbonyl (C=O) groups excluding carboxylic acids is 2. The summed E-state index contributed by atoms with van der Waals surface area (Å²) < 4.78 is 0. The van der Waals surface area contributed by atoms with E-state index in [1.54, 1.807) is 18.2 Å². The third kappa shape index (κ3) is 1.93. The Morgan fingerprint density at radius 2 is 1.35 bits per heavy atom. The molecule has 0 aliphatic carbocycles. The fraction of sp³-hybridized carbons (Fsp3) is 0.0455. The van der Waals surface area contributed by atoms with Gasteiger partial charge in [-0.15, -0.1) is 0 Å². The fourth-order valence-corrected chi connectivity index (χ4v) is 3.66. The maximum Gasteiger partial charge on any atom is 0.266 e. The second kappa shape index (κ2) is 5.23. The van der Waals surface area contributed by atoms with Crippen molar-refractivity contribution >= 4 is 39.2 Å². The standard InChI is InChI=1S/C22H14N2O2/c1-13-11-12-15-7-4-10-18(20(15)23-13)24-21(25)16-8-2-5-14-6-3-9-17(19(14)16)22(24)26/h2-12H,1H3. The Bertz CT molecular complexity index is 1190. The summed E-state index contributed by atoms with van der Waals surface area (Å²) in [5.74, 6) is -0.620. The molecular formula is C22H14N2O2. The number of aryl methyl sites for hydroxylation is 1. The zero-order valence-electron chi connectivity index (χ0n) is 14.1. The average molecular weight is 338 g/mol. The minimum atomic E-state index is -0.310. The zero-order chi connectivity index (χ0) is 17.8. The Labute approximate surface area is 149 Å². The number of amides is 2. The number of imide groups is 1. The Hall–Kier alpha value is -3.53. The molecule has 3 aromatic carbocycles. The van der Waals surface area contributed by atoms with Crippen molar-refractivity contribution in [3.8, 4) is 0 Å². The highest BCUT2D eigenvalue weighted by Gasteiger charge is 2.34. The monoisotopic (exact) mass is 338 g/mol. The van der Waals surface area contributed by atoms with Gasteiger partial charge >= 0.3 is 0 Å². The van der Waals surface area contributed by atoms with Gasteiger partial charge in [0.25, 0.3) is 11.8 Å². The molecule has 1 aliphatic rings. The van der Waals surface area contributed by atoms with E-state index in [0.29, 0.717) is 22.3 Å². The van der Waals surface area contributed by atoms with Crippen LogP contribution >= 0.6 is 0 Å². The number of aromatic nitrogens is 1. The van der Waals surface area contributed by atoms with Crippen molar-refractivity contribution < 1.29 is 9.59 Å². The molecule has 0 atom stereocenters. The summed E-state index contributed by atoms with van der Waals surface area (Å²) in [4.78, 5) is 32.3. The first-order chi connectivity index (χ1) is 12.6. The van der Waals surface area contributed by atoms with E-state index < -0.39 is 0 Å². The number of fused-ring (bicyclic) bond motifs is 1. The summed E-state index contributed by atoms with van der Waals surface area (Å²) >= 11 is 0. The van der Waals surface area contributed by atoms with Crippen LogP contribution < -0.4 is 4.90 Å². The van der Waals surface area contributed by atoms with Crippen molar-refractivity contribution in [2.75, 3.05) is 4.90 Å². The lowest BCUT2D eigenvalue weighted by molar-refractivity contribution is 0.0894. The van der Waals surface area contributed by atoms with E-state index in [2.05, 4.69) is 4.98 Å². The van der Waals surface area contributed by atoms with E-state index in [-0.39, 0.29) is 11.8 Å². The molecule has 0 bridgehead atoms. The number of pyridine rings is 1. The largest absolute Gasteiger partial charge is 0.268 e. The predicted molar refractivity (Wildman–Crippen MR) is 102 cm³/mol. The predicted octanol–water partition coefficient (Wildman–Crippen LogP) is 4.50. The van der Waals surface area contributed by atoms with E-state index in [9.17, 15) is 9.59 Å². The van der Waals surface area contributed by atoms with E-state index >= 15 is 0 Å². The van der Waals surface area contributed by atoms with Gasteiger partial charge in [0.05, 0.1) is 11.2 Å². The zero-order valence-corrected chi connectivity index (χ0v) is 14.1. The number of benzene rings is 3. The van der Waals surface area contributed by atoms with E-state index in [1.165, 1.54) is 4.90 Å². The molecule has 0 fully saturated rings. The minimum Gasteiger partial charge on any atom is -0.268 e. The van der Waals surface area contributed by atoms with Crippen molar-refractivity contribution in [1.29, 1.82) is 0 Å². The van der Waals surface area contributed by atoms with Crippen LogP contribution in [0.4, 0.5) is 5.69 Å². The quantitative estimate of drug-likeness (QED) is 0.480. The molecule has 2 heterocycles. The number of nitrogens with zero attached hydrogens (tertiary/aromatic N) is 2. The normalized spacial score (nSPS) is 13.7. The molecule has 0 saturated heterocycles. The summed E-state index contributed by atoms with van der Waals surface area (Å²) in [5.41, 5.74) is 3.10. The Balaban J connectivity index is 1.82. The molecule has 4 nitrogen and oxygen atoms in total. The van der Waals surface area contributed by atoms with Gasteiger partial charge in [-0.1, -0.05) is 42.5 Å². The molecule has 0 unspecified atom stereocenters. The molecule has 1 aromatic heterocycles. The number of hydrogen-bond donors (Lipinski definition) is 0. The van der Waals surface area contributed by atoms with Gasteiger partial charge in [-0.05, 0) is 36.6 Å². The van der Waals surface area contributed by atoms with Gasteiger partial charge in [-0.3, -0.25) is 14.6 Å². The Kier molecular flexibility index (Phi) is 2.97. The topological polar surface area (TPSA) is 50.3 Å². The van der Waals surface area contributed by atoms with Gasteiger partial charge in [-0.25, -0.2) is 4.90 Å². The molecule has 0 N–H and O–H groups in total. The second-order valence-electron chi connectivity index (χ2n) is 6.46. The van der Waals surface area contributed by atoms with Crippen LogP contribution in [0.15, 0.2) is 66.7 Å². The first-order valence-electron chi connectivity index (χ1n) is 8.42. The van der Waals surface area contributed by atoms with Gasteiger partial charge in [0.2, 0.25) is 0 Å².